The van der Waals surface area contributed by atoms with Gasteiger partial charge in [0.15, 0.2) is 6.61 Å². The Kier molecular flexibility index (Phi) is 6.55. The monoisotopic (exact) mass is 394 g/mol. The fraction of sp³-hybridized carbons (Fsp3) is 0.227. The first-order valence-corrected chi connectivity index (χ1v) is 9.91. The first-order valence-electron chi connectivity index (χ1n) is 9.10. The van der Waals surface area contributed by atoms with E-state index < -0.39 is 5.97 Å². The summed E-state index contributed by atoms with van der Waals surface area (Å²) < 4.78 is 5.25. The second-order valence-electron chi connectivity index (χ2n) is 6.70. The number of carbonyl (C=O) groups is 2. The van der Waals surface area contributed by atoms with E-state index in [0.717, 1.165) is 16.1 Å². The maximum atomic E-state index is 12.7. The summed E-state index contributed by atoms with van der Waals surface area (Å²) in [6, 6.07) is 19.2. The maximum absolute atomic E-state index is 12.7. The maximum Gasteiger partial charge on any atom is 0.351 e. The van der Waals surface area contributed by atoms with Gasteiger partial charge in [0.25, 0.3) is 5.91 Å². The van der Waals surface area contributed by atoms with Crippen LogP contribution in [0.2, 0.25) is 0 Å². The summed E-state index contributed by atoms with van der Waals surface area (Å²) >= 11 is 1.27. The third-order valence-corrected chi connectivity index (χ3v) is 5.01. The summed E-state index contributed by atoms with van der Waals surface area (Å²) in [5.74, 6) is -0.520. The van der Waals surface area contributed by atoms with Crippen LogP contribution in [-0.2, 0) is 9.53 Å². The van der Waals surface area contributed by atoms with Crippen molar-refractivity contribution in [3.05, 3.63) is 65.5 Å². The third kappa shape index (κ3) is 5.04. The molecule has 0 aliphatic heterocycles. The summed E-state index contributed by atoms with van der Waals surface area (Å²) in [5, 5.41) is 3.47. The van der Waals surface area contributed by atoms with Crippen LogP contribution in [0.15, 0.2) is 60.7 Å². The molecule has 144 valence electrons. The molecule has 5 nitrogen and oxygen atoms in total. The van der Waals surface area contributed by atoms with Gasteiger partial charge >= 0.3 is 5.97 Å². The number of amides is 1. The van der Waals surface area contributed by atoms with Crippen molar-refractivity contribution in [1.82, 2.24) is 10.3 Å². The second-order valence-corrected chi connectivity index (χ2v) is 7.70. The van der Waals surface area contributed by atoms with Crippen LogP contribution < -0.4 is 5.32 Å². The molecule has 2 aromatic carbocycles. The fourth-order valence-corrected chi connectivity index (χ4v) is 3.51. The molecule has 0 radical (unpaired) electrons. The molecular weight excluding hydrogens is 372 g/mol. The number of carbonyl (C=O) groups excluding carboxylic acids is 2. The van der Waals surface area contributed by atoms with Crippen molar-refractivity contribution < 1.29 is 14.3 Å². The minimum absolute atomic E-state index is 0.307. The van der Waals surface area contributed by atoms with Gasteiger partial charge in [-0.1, -0.05) is 74.5 Å². The quantitative estimate of drug-likeness (QED) is 0.603. The molecule has 1 heterocycles. The summed E-state index contributed by atoms with van der Waals surface area (Å²) in [4.78, 5) is 29.6. The van der Waals surface area contributed by atoms with Crippen LogP contribution >= 0.6 is 11.3 Å². The first-order chi connectivity index (χ1) is 13.5. The van der Waals surface area contributed by atoms with E-state index in [1.165, 1.54) is 11.3 Å². The molecule has 0 saturated carbocycles. The van der Waals surface area contributed by atoms with E-state index in [1.807, 2.05) is 74.5 Å². The van der Waals surface area contributed by atoms with E-state index in [2.05, 4.69) is 10.3 Å². The van der Waals surface area contributed by atoms with Crippen molar-refractivity contribution in [3.8, 4) is 21.8 Å². The Labute approximate surface area is 168 Å². The highest BCUT2D eigenvalue weighted by molar-refractivity contribution is 7.17. The molecule has 0 saturated heterocycles. The van der Waals surface area contributed by atoms with Crippen molar-refractivity contribution in [2.75, 3.05) is 13.2 Å². The molecule has 0 spiro atoms. The van der Waals surface area contributed by atoms with Crippen LogP contribution in [0.3, 0.4) is 0 Å². The van der Waals surface area contributed by atoms with Crippen molar-refractivity contribution >= 4 is 23.2 Å². The first kappa shape index (κ1) is 19.8. The van der Waals surface area contributed by atoms with Crippen molar-refractivity contribution in [3.63, 3.8) is 0 Å². The highest BCUT2D eigenvalue weighted by Crippen LogP contribution is 2.34. The Hall–Kier alpha value is -2.99. The number of hydrogen-bond donors (Lipinski definition) is 1. The molecule has 3 aromatic rings. The van der Waals surface area contributed by atoms with Crippen LogP contribution in [0.1, 0.15) is 23.5 Å². The predicted octanol–water partition coefficient (Wildman–Crippen LogP) is 4.41. The zero-order valence-electron chi connectivity index (χ0n) is 15.8. The largest absolute Gasteiger partial charge is 0.451 e. The van der Waals surface area contributed by atoms with Gasteiger partial charge in [-0.3, -0.25) is 4.79 Å². The van der Waals surface area contributed by atoms with Gasteiger partial charge in [-0.15, -0.1) is 11.3 Å². The number of nitrogens with zero attached hydrogens (tertiary/aromatic N) is 1. The van der Waals surface area contributed by atoms with Gasteiger partial charge in [0.2, 0.25) is 0 Å². The van der Waals surface area contributed by atoms with Gasteiger partial charge in [-0.25, -0.2) is 9.78 Å². The smallest absolute Gasteiger partial charge is 0.351 e. The van der Waals surface area contributed by atoms with Gasteiger partial charge in [0, 0.05) is 17.7 Å². The Bertz CT molecular complexity index is 937. The number of rotatable bonds is 7. The van der Waals surface area contributed by atoms with Crippen molar-refractivity contribution in [1.29, 1.82) is 0 Å². The summed E-state index contributed by atoms with van der Waals surface area (Å²) in [5.41, 5.74) is 2.33. The number of aromatic nitrogens is 1. The lowest BCUT2D eigenvalue weighted by Crippen LogP contribution is -2.31. The van der Waals surface area contributed by atoms with E-state index in [1.54, 1.807) is 0 Å². The predicted molar refractivity (Wildman–Crippen MR) is 111 cm³/mol. The SMILES string of the molecule is CC(C)CNC(=O)COC(=O)c1sc(-c2ccccc2)nc1-c1ccccc1. The van der Waals surface area contributed by atoms with Gasteiger partial charge in [-0.2, -0.15) is 0 Å². The number of nitrogens with one attached hydrogen (secondary N) is 1. The summed E-state index contributed by atoms with van der Waals surface area (Å²) in [6.45, 7) is 4.24. The molecule has 0 unspecified atom stereocenters. The van der Waals surface area contributed by atoms with Crippen LogP contribution in [0.25, 0.3) is 21.8 Å². The Morgan fingerprint density at radius 1 is 1.00 bits per heavy atom. The Morgan fingerprint density at radius 2 is 1.61 bits per heavy atom. The number of esters is 1. The lowest BCUT2D eigenvalue weighted by molar-refractivity contribution is -0.124. The molecule has 1 amide bonds. The molecule has 0 aliphatic rings. The number of benzene rings is 2. The number of ether oxygens (including phenoxy) is 1. The zero-order chi connectivity index (χ0) is 19.9. The Morgan fingerprint density at radius 3 is 2.21 bits per heavy atom. The minimum Gasteiger partial charge on any atom is -0.451 e. The highest BCUT2D eigenvalue weighted by atomic mass is 32.1. The van der Waals surface area contributed by atoms with E-state index in [-0.39, 0.29) is 12.5 Å². The molecule has 6 heteroatoms. The molecular formula is C22H22N2O3S. The van der Waals surface area contributed by atoms with Crippen molar-refractivity contribution in [2.45, 2.75) is 13.8 Å². The van der Waals surface area contributed by atoms with Gasteiger partial charge < -0.3 is 10.1 Å². The van der Waals surface area contributed by atoms with E-state index >= 15 is 0 Å². The Balaban J connectivity index is 1.83. The van der Waals surface area contributed by atoms with Crippen LogP contribution in [0, 0.1) is 5.92 Å². The third-order valence-electron chi connectivity index (χ3n) is 3.92. The average Bonchev–Trinajstić information content (AvgIpc) is 3.17. The van der Waals surface area contributed by atoms with Gasteiger partial charge in [-0.05, 0) is 5.92 Å². The van der Waals surface area contributed by atoms with Crippen LogP contribution in [0.4, 0.5) is 0 Å². The van der Waals surface area contributed by atoms with E-state index in [0.29, 0.717) is 23.0 Å². The molecule has 0 bridgehead atoms. The topological polar surface area (TPSA) is 68.3 Å². The van der Waals surface area contributed by atoms with Crippen molar-refractivity contribution in [2.24, 2.45) is 5.92 Å². The molecule has 0 aliphatic carbocycles. The number of hydrogen-bond acceptors (Lipinski definition) is 5. The van der Waals surface area contributed by atoms with Gasteiger partial charge in [0.05, 0.1) is 5.69 Å². The normalized spacial score (nSPS) is 10.7. The molecule has 1 N–H and O–H groups in total. The number of thiazole rings is 1. The molecule has 0 fully saturated rings. The van der Waals surface area contributed by atoms with Gasteiger partial charge in [0.1, 0.15) is 9.88 Å². The van der Waals surface area contributed by atoms with Crippen LogP contribution in [-0.4, -0.2) is 30.0 Å². The summed E-state index contributed by atoms with van der Waals surface area (Å²) in [6.07, 6.45) is 0. The van der Waals surface area contributed by atoms with E-state index in [4.69, 9.17) is 4.74 Å². The molecule has 28 heavy (non-hydrogen) atoms. The van der Waals surface area contributed by atoms with Crippen LogP contribution in [0.5, 0.6) is 0 Å². The minimum atomic E-state index is -0.543. The highest BCUT2D eigenvalue weighted by Gasteiger charge is 2.22. The lowest BCUT2D eigenvalue weighted by atomic mass is 10.1. The molecule has 3 rings (SSSR count). The standard InChI is InChI=1S/C22H22N2O3S/c1-15(2)13-23-18(25)14-27-22(26)20-19(16-9-5-3-6-10-16)24-21(28-20)17-11-7-4-8-12-17/h3-12,15H,13-14H2,1-2H3,(H,23,25). The average molecular weight is 394 g/mol. The second kappa shape index (κ2) is 9.28. The van der Waals surface area contributed by atoms with E-state index in [9.17, 15) is 9.59 Å². The fourth-order valence-electron chi connectivity index (χ4n) is 2.52. The summed E-state index contributed by atoms with van der Waals surface area (Å²) in [7, 11) is 0. The zero-order valence-corrected chi connectivity index (χ0v) is 16.7. The lowest BCUT2D eigenvalue weighted by Gasteiger charge is -2.08. The molecule has 1 aromatic heterocycles. The molecule has 0 atom stereocenters.